The van der Waals surface area contributed by atoms with Crippen molar-refractivity contribution in [3.05, 3.63) is 47.8 Å². The molecule has 2 aromatic rings. The molecule has 30 heavy (non-hydrogen) atoms. The molecule has 2 fully saturated rings. The summed E-state index contributed by atoms with van der Waals surface area (Å²) in [6.07, 6.45) is 13.3. The molecule has 1 N–H and O–H groups in total. The number of hydrogen-bond donors (Lipinski definition) is 1. The molecule has 0 amide bonds. The molecule has 2 saturated carbocycles. The Morgan fingerprint density at radius 2 is 1.87 bits per heavy atom. The molecule has 4 nitrogen and oxygen atoms in total. The smallest absolute Gasteiger partial charge is 0.134 e. The fraction of sp³-hybridized carbons (Fsp3) is 0.600. The van der Waals surface area contributed by atoms with Crippen molar-refractivity contribution in [3.8, 4) is 0 Å². The fourth-order valence-corrected chi connectivity index (χ4v) is 7.17. The zero-order valence-corrected chi connectivity index (χ0v) is 18.9. The molecule has 0 spiro atoms. The van der Waals surface area contributed by atoms with Crippen LogP contribution in [0.25, 0.3) is 0 Å². The number of fused-ring (bicyclic) bond motifs is 3. The number of anilines is 1. The minimum Gasteiger partial charge on any atom is -0.367 e. The van der Waals surface area contributed by atoms with Crippen LogP contribution in [-0.2, 0) is 6.42 Å². The molecule has 1 aliphatic heterocycles. The van der Waals surface area contributed by atoms with Crippen molar-refractivity contribution in [2.24, 2.45) is 0 Å². The van der Waals surface area contributed by atoms with Crippen molar-refractivity contribution in [1.29, 1.82) is 0 Å². The SMILES string of the molecule is CN(CCCc1ccccc1)C1CCC(Nc2ncnc3c2C2CCCC2S3)CC1. The Kier molecular flexibility index (Phi) is 6.28. The molecule has 1 aromatic heterocycles. The van der Waals surface area contributed by atoms with Gasteiger partial charge in [0.1, 0.15) is 17.2 Å². The molecule has 160 valence electrons. The lowest BCUT2D eigenvalue weighted by Gasteiger charge is -2.35. The molecule has 0 saturated heterocycles. The quantitative estimate of drug-likeness (QED) is 0.596. The Balaban J connectivity index is 1.11. The second-order valence-corrected chi connectivity index (χ2v) is 10.6. The van der Waals surface area contributed by atoms with Crippen LogP contribution in [-0.4, -0.2) is 45.8 Å². The minimum absolute atomic E-state index is 0.559. The normalized spacial score (nSPS) is 27.8. The van der Waals surface area contributed by atoms with Crippen LogP contribution in [0.2, 0.25) is 0 Å². The van der Waals surface area contributed by atoms with Crippen LogP contribution in [0.1, 0.15) is 68.4 Å². The third kappa shape index (κ3) is 4.38. The van der Waals surface area contributed by atoms with Crippen LogP contribution in [0, 0.1) is 0 Å². The van der Waals surface area contributed by atoms with Crippen LogP contribution in [0.3, 0.4) is 0 Å². The van der Waals surface area contributed by atoms with E-state index in [1.54, 1.807) is 6.33 Å². The second kappa shape index (κ2) is 9.27. The van der Waals surface area contributed by atoms with Gasteiger partial charge in [0.2, 0.25) is 0 Å². The summed E-state index contributed by atoms with van der Waals surface area (Å²) in [7, 11) is 2.32. The summed E-state index contributed by atoms with van der Waals surface area (Å²) in [5.41, 5.74) is 2.89. The van der Waals surface area contributed by atoms with Crippen molar-refractivity contribution >= 4 is 17.6 Å². The topological polar surface area (TPSA) is 41.0 Å². The van der Waals surface area contributed by atoms with E-state index in [0.717, 1.165) is 17.1 Å². The average Bonchev–Trinajstić information content (AvgIpc) is 3.36. The molecular weight excluding hydrogens is 388 g/mol. The molecule has 2 aliphatic carbocycles. The summed E-state index contributed by atoms with van der Waals surface area (Å²) in [5, 5.41) is 5.83. The monoisotopic (exact) mass is 422 g/mol. The van der Waals surface area contributed by atoms with Crippen LogP contribution in [0.4, 0.5) is 5.82 Å². The van der Waals surface area contributed by atoms with Crippen LogP contribution < -0.4 is 5.32 Å². The van der Waals surface area contributed by atoms with E-state index >= 15 is 0 Å². The molecule has 5 heteroatoms. The number of hydrogen-bond acceptors (Lipinski definition) is 5. The zero-order chi connectivity index (χ0) is 20.3. The Morgan fingerprint density at radius 3 is 2.70 bits per heavy atom. The van der Waals surface area contributed by atoms with E-state index in [9.17, 15) is 0 Å². The van der Waals surface area contributed by atoms with E-state index in [4.69, 9.17) is 0 Å². The van der Waals surface area contributed by atoms with Gasteiger partial charge in [0, 0.05) is 28.8 Å². The first-order valence-electron chi connectivity index (χ1n) is 11.8. The van der Waals surface area contributed by atoms with Crippen molar-refractivity contribution in [2.75, 3.05) is 18.9 Å². The Bertz CT molecular complexity index is 834. The number of benzene rings is 1. The highest BCUT2D eigenvalue weighted by Gasteiger charge is 2.40. The van der Waals surface area contributed by atoms with E-state index in [2.05, 4.69) is 57.6 Å². The summed E-state index contributed by atoms with van der Waals surface area (Å²) < 4.78 is 0. The number of nitrogens with one attached hydrogen (secondary N) is 1. The third-order valence-corrected chi connectivity index (χ3v) is 8.83. The lowest BCUT2D eigenvalue weighted by atomic mass is 9.89. The van der Waals surface area contributed by atoms with Gasteiger partial charge in [0.15, 0.2) is 0 Å². The van der Waals surface area contributed by atoms with Crippen LogP contribution in [0.5, 0.6) is 0 Å². The van der Waals surface area contributed by atoms with Gasteiger partial charge in [0.25, 0.3) is 0 Å². The molecule has 2 atom stereocenters. The standard InChI is InChI=1S/C25H34N4S/c1-29(16-6-9-18-7-3-2-4-8-18)20-14-12-19(13-15-20)28-24-23-21-10-5-11-22(21)30-25(23)27-17-26-24/h2-4,7-8,17,19-22H,5-6,9-16H2,1H3,(H,26,27,28). The van der Waals surface area contributed by atoms with E-state index < -0.39 is 0 Å². The second-order valence-electron chi connectivity index (χ2n) is 9.35. The molecule has 3 aliphatic rings. The number of aromatic nitrogens is 2. The van der Waals surface area contributed by atoms with Crippen LogP contribution in [0.15, 0.2) is 41.7 Å². The summed E-state index contributed by atoms with van der Waals surface area (Å²) in [6.45, 7) is 1.19. The first-order valence-corrected chi connectivity index (χ1v) is 12.7. The maximum atomic E-state index is 4.68. The number of aryl methyl sites for hydroxylation is 1. The minimum atomic E-state index is 0.559. The average molecular weight is 423 g/mol. The highest BCUT2D eigenvalue weighted by atomic mass is 32.2. The Labute approximate surface area is 185 Å². The highest BCUT2D eigenvalue weighted by molar-refractivity contribution is 8.00. The van der Waals surface area contributed by atoms with Gasteiger partial charge in [-0.2, -0.15) is 0 Å². The van der Waals surface area contributed by atoms with Gasteiger partial charge in [-0.05, 0) is 70.5 Å². The Morgan fingerprint density at radius 1 is 1.03 bits per heavy atom. The van der Waals surface area contributed by atoms with Crippen molar-refractivity contribution in [2.45, 2.75) is 86.1 Å². The number of rotatable bonds is 7. The largest absolute Gasteiger partial charge is 0.367 e. The van der Waals surface area contributed by atoms with Gasteiger partial charge >= 0.3 is 0 Å². The molecule has 0 radical (unpaired) electrons. The summed E-state index contributed by atoms with van der Waals surface area (Å²) >= 11 is 2.00. The summed E-state index contributed by atoms with van der Waals surface area (Å²) in [4.78, 5) is 11.9. The lowest BCUT2D eigenvalue weighted by Crippen LogP contribution is -2.39. The van der Waals surface area contributed by atoms with E-state index in [1.165, 1.54) is 80.5 Å². The lowest BCUT2D eigenvalue weighted by molar-refractivity contribution is 0.184. The van der Waals surface area contributed by atoms with Crippen LogP contribution >= 0.6 is 11.8 Å². The first kappa shape index (κ1) is 20.3. The van der Waals surface area contributed by atoms with E-state index in [0.29, 0.717) is 12.0 Å². The summed E-state index contributed by atoms with van der Waals surface area (Å²) in [6, 6.07) is 12.2. The fourth-order valence-electron chi connectivity index (χ4n) is 5.68. The van der Waals surface area contributed by atoms with Gasteiger partial charge in [-0.15, -0.1) is 11.8 Å². The summed E-state index contributed by atoms with van der Waals surface area (Å²) in [5.74, 6) is 1.82. The predicted molar refractivity (Wildman–Crippen MR) is 125 cm³/mol. The predicted octanol–water partition coefficient (Wildman–Crippen LogP) is 5.51. The van der Waals surface area contributed by atoms with Crippen molar-refractivity contribution in [1.82, 2.24) is 14.9 Å². The maximum Gasteiger partial charge on any atom is 0.134 e. The zero-order valence-electron chi connectivity index (χ0n) is 18.1. The van der Waals surface area contributed by atoms with Gasteiger partial charge in [-0.1, -0.05) is 36.8 Å². The first-order chi connectivity index (χ1) is 14.8. The molecule has 0 bridgehead atoms. The molecule has 2 heterocycles. The number of thioether (sulfide) groups is 1. The number of nitrogens with zero attached hydrogens (tertiary/aromatic N) is 3. The highest BCUT2D eigenvalue weighted by Crippen LogP contribution is 2.54. The van der Waals surface area contributed by atoms with E-state index in [-0.39, 0.29) is 0 Å². The van der Waals surface area contributed by atoms with Gasteiger partial charge in [-0.3, -0.25) is 0 Å². The molecule has 1 aromatic carbocycles. The van der Waals surface area contributed by atoms with Gasteiger partial charge < -0.3 is 10.2 Å². The molecule has 2 unspecified atom stereocenters. The Hall–Kier alpha value is -1.59. The molecular formula is C25H34N4S. The van der Waals surface area contributed by atoms with Gasteiger partial charge in [0.05, 0.1) is 0 Å². The van der Waals surface area contributed by atoms with Gasteiger partial charge in [-0.25, -0.2) is 9.97 Å². The van der Waals surface area contributed by atoms with E-state index in [1.807, 2.05) is 11.8 Å². The molecule has 5 rings (SSSR count). The third-order valence-electron chi connectivity index (χ3n) is 7.41. The van der Waals surface area contributed by atoms with Crippen molar-refractivity contribution < 1.29 is 0 Å². The van der Waals surface area contributed by atoms with Crippen molar-refractivity contribution in [3.63, 3.8) is 0 Å². The maximum absolute atomic E-state index is 4.68.